The van der Waals surface area contributed by atoms with E-state index in [4.69, 9.17) is 9.15 Å². The topological polar surface area (TPSA) is 77.2 Å². The van der Waals surface area contributed by atoms with Gasteiger partial charge in [0.1, 0.15) is 5.75 Å². The van der Waals surface area contributed by atoms with Crippen molar-refractivity contribution in [3.8, 4) is 17.2 Å². The van der Waals surface area contributed by atoms with E-state index < -0.39 is 0 Å². The highest BCUT2D eigenvalue weighted by molar-refractivity contribution is 8.00. The molecule has 146 valence electrons. The lowest BCUT2D eigenvalue weighted by Gasteiger charge is -2.15. The van der Waals surface area contributed by atoms with E-state index in [9.17, 15) is 4.79 Å². The number of carbonyl (C=O) groups is 1. The lowest BCUT2D eigenvalue weighted by Crippen LogP contribution is -2.23. The van der Waals surface area contributed by atoms with Gasteiger partial charge in [0.25, 0.3) is 5.22 Å². The minimum absolute atomic E-state index is 0.109. The van der Waals surface area contributed by atoms with Crippen molar-refractivity contribution in [3.63, 3.8) is 0 Å². The van der Waals surface area contributed by atoms with E-state index in [1.807, 2.05) is 55.5 Å². The summed E-state index contributed by atoms with van der Waals surface area (Å²) in [6, 6.07) is 15.2. The zero-order chi connectivity index (χ0) is 20.1. The fourth-order valence-corrected chi connectivity index (χ4v) is 3.34. The van der Waals surface area contributed by atoms with Crippen LogP contribution in [0.25, 0.3) is 11.5 Å². The molecule has 1 amide bonds. The highest BCUT2D eigenvalue weighted by atomic mass is 32.2. The van der Waals surface area contributed by atoms with Gasteiger partial charge in [0.2, 0.25) is 11.8 Å². The molecule has 1 atom stereocenters. The van der Waals surface area contributed by atoms with Gasteiger partial charge in [-0.1, -0.05) is 43.8 Å². The normalized spacial score (nSPS) is 12.0. The second-order valence-electron chi connectivity index (χ2n) is 6.59. The Kier molecular flexibility index (Phi) is 6.36. The molecule has 0 fully saturated rings. The fraction of sp³-hybridized carbons (Fsp3) is 0.286. The number of rotatable bonds is 7. The van der Waals surface area contributed by atoms with Crippen LogP contribution in [0, 0.1) is 0 Å². The van der Waals surface area contributed by atoms with Gasteiger partial charge in [-0.15, -0.1) is 10.2 Å². The summed E-state index contributed by atoms with van der Waals surface area (Å²) in [6.45, 7) is 6.01. The van der Waals surface area contributed by atoms with Gasteiger partial charge in [0.15, 0.2) is 0 Å². The molecule has 0 radical (unpaired) electrons. The van der Waals surface area contributed by atoms with Crippen molar-refractivity contribution in [2.45, 2.75) is 37.2 Å². The number of para-hydroxylation sites is 1. The molecule has 0 spiro atoms. The average Bonchev–Trinajstić information content (AvgIpc) is 3.16. The summed E-state index contributed by atoms with van der Waals surface area (Å²) in [7, 11) is 1.61. The van der Waals surface area contributed by atoms with Gasteiger partial charge in [-0.05, 0) is 48.7 Å². The zero-order valence-corrected chi connectivity index (χ0v) is 17.1. The predicted octanol–water partition coefficient (Wildman–Crippen LogP) is 4.99. The highest BCUT2D eigenvalue weighted by Gasteiger charge is 2.20. The highest BCUT2D eigenvalue weighted by Crippen LogP contribution is 2.29. The van der Waals surface area contributed by atoms with Crippen molar-refractivity contribution in [2.75, 3.05) is 12.4 Å². The molecule has 1 heterocycles. The Morgan fingerprint density at radius 3 is 2.46 bits per heavy atom. The molecule has 0 aliphatic rings. The van der Waals surface area contributed by atoms with E-state index in [1.54, 1.807) is 7.11 Å². The Morgan fingerprint density at radius 1 is 1.07 bits per heavy atom. The van der Waals surface area contributed by atoms with E-state index >= 15 is 0 Å². The molecule has 1 aromatic heterocycles. The predicted molar refractivity (Wildman–Crippen MR) is 111 cm³/mol. The Morgan fingerprint density at radius 2 is 1.79 bits per heavy atom. The first-order chi connectivity index (χ1) is 13.5. The molecule has 28 heavy (non-hydrogen) atoms. The van der Waals surface area contributed by atoms with E-state index in [-0.39, 0.29) is 11.2 Å². The number of nitrogens with zero attached hydrogens (tertiary/aromatic N) is 2. The third-order valence-electron chi connectivity index (χ3n) is 4.23. The Labute approximate surface area is 168 Å². The van der Waals surface area contributed by atoms with Gasteiger partial charge < -0.3 is 14.5 Å². The largest absolute Gasteiger partial charge is 0.497 e. The van der Waals surface area contributed by atoms with Gasteiger partial charge in [-0.25, -0.2) is 0 Å². The molecule has 7 heteroatoms. The van der Waals surface area contributed by atoms with Gasteiger partial charge in [0, 0.05) is 11.3 Å². The number of amides is 1. The number of nitrogens with one attached hydrogen (secondary N) is 1. The number of aromatic nitrogens is 2. The van der Waals surface area contributed by atoms with E-state index in [1.165, 1.54) is 11.8 Å². The molecule has 0 aliphatic heterocycles. The molecule has 0 saturated carbocycles. The SMILES string of the molecule is COc1ccc(-c2nnc(SC(C)C(=O)Nc3ccccc3C(C)C)o2)cc1. The molecule has 1 N–H and O–H groups in total. The van der Waals surface area contributed by atoms with Crippen LogP contribution in [-0.4, -0.2) is 28.5 Å². The molecule has 3 rings (SSSR count). The van der Waals surface area contributed by atoms with Crippen molar-refractivity contribution in [1.82, 2.24) is 10.2 Å². The molecular weight excluding hydrogens is 374 g/mol. The Balaban J connectivity index is 1.65. The first-order valence-corrected chi connectivity index (χ1v) is 9.90. The molecule has 2 aromatic carbocycles. The van der Waals surface area contributed by atoms with Crippen molar-refractivity contribution in [3.05, 3.63) is 54.1 Å². The summed E-state index contributed by atoms with van der Waals surface area (Å²) >= 11 is 1.23. The van der Waals surface area contributed by atoms with Crippen molar-refractivity contribution < 1.29 is 13.9 Å². The Hall–Kier alpha value is -2.80. The molecule has 0 saturated heterocycles. The van der Waals surface area contributed by atoms with E-state index in [2.05, 4.69) is 29.4 Å². The minimum Gasteiger partial charge on any atom is -0.497 e. The van der Waals surface area contributed by atoms with E-state index in [0.717, 1.165) is 22.6 Å². The van der Waals surface area contributed by atoms with Gasteiger partial charge in [-0.3, -0.25) is 4.79 Å². The van der Waals surface area contributed by atoms with Crippen LogP contribution in [0.3, 0.4) is 0 Å². The first kappa shape index (κ1) is 19.9. The monoisotopic (exact) mass is 397 g/mol. The second-order valence-corrected chi connectivity index (χ2v) is 7.88. The molecule has 6 nitrogen and oxygen atoms in total. The minimum atomic E-state index is -0.385. The number of hydrogen-bond donors (Lipinski definition) is 1. The summed E-state index contributed by atoms with van der Waals surface area (Å²) in [4.78, 5) is 12.6. The number of benzene rings is 2. The van der Waals surface area contributed by atoms with Crippen molar-refractivity contribution in [1.29, 1.82) is 0 Å². The maximum Gasteiger partial charge on any atom is 0.277 e. The smallest absolute Gasteiger partial charge is 0.277 e. The van der Waals surface area contributed by atoms with Crippen LogP contribution in [0.1, 0.15) is 32.3 Å². The summed E-state index contributed by atoms with van der Waals surface area (Å²) in [5.74, 6) is 1.37. The van der Waals surface area contributed by atoms with Gasteiger partial charge in [0.05, 0.1) is 12.4 Å². The number of hydrogen-bond acceptors (Lipinski definition) is 6. The molecule has 1 unspecified atom stereocenters. The molecule has 0 bridgehead atoms. The summed E-state index contributed by atoms with van der Waals surface area (Å²) < 4.78 is 10.8. The Bertz CT molecular complexity index is 938. The third-order valence-corrected chi connectivity index (χ3v) is 5.17. The summed E-state index contributed by atoms with van der Waals surface area (Å²) in [5.41, 5.74) is 2.73. The first-order valence-electron chi connectivity index (χ1n) is 9.02. The van der Waals surface area contributed by atoms with Crippen LogP contribution in [0.4, 0.5) is 5.69 Å². The quantitative estimate of drug-likeness (QED) is 0.566. The summed E-state index contributed by atoms with van der Waals surface area (Å²) in [6.07, 6.45) is 0. The number of carbonyl (C=O) groups excluding carboxylic acids is 1. The van der Waals surface area contributed by atoms with Crippen molar-refractivity contribution in [2.24, 2.45) is 0 Å². The molecule has 0 aliphatic carbocycles. The number of thioether (sulfide) groups is 1. The third kappa shape index (κ3) is 4.72. The van der Waals surface area contributed by atoms with Crippen LogP contribution in [-0.2, 0) is 4.79 Å². The van der Waals surface area contributed by atoms with Crippen LogP contribution >= 0.6 is 11.8 Å². The number of anilines is 1. The lowest BCUT2D eigenvalue weighted by atomic mass is 10.0. The van der Waals surface area contributed by atoms with Crippen LogP contribution in [0.15, 0.2) is 58.2 Å². The number of methoxy groups -OCH3 is 1. The summed E-state index contributed by atoms with van der Waals surface area (Å²) in [5, 5.41) is 11.1. The maximum atomic E-state index is 12.6. The average molecular weight is 398 g/mol. The lowest BCUT2D eigenvalue weighted by molar-refractivity contribution is -0.115. The van der Waals surface area contributed by atoms with Crippen LogP contribution in [0.2, 0.25) is 0 Å². The van der Waals surface area contributed by atoms with Gasteiger partial charge in [-0.2, -0.15) is 0 Å². The van der Waals surface area contributed by atoms with Crippen LogP contribution < -0.4 is 10.1 Å². The second kappa shape index (κ2) is 8.93. The molecule has 3 aromatic rings. The fourth-order valence-electron chi connectivity index (χ4n) is 2.66. The maximum absolute atomic E-state index is 12.6. The van der Waals surface area contributed by atoms with Crippen molar-refractivity contribution >= 4 is 23.4 Å². The van der Waals surface area contributed by atoms with Gasteiger partial charge >= 0.3 is 0 Å². The molecular formula is C21H23N3O3S. The standard InChI is InChI=1S/C21H23N3O3S/c1-13(2)17-7-5-6-8-18(17)22-19(25)14(3)28-21-24-23-20(27-21)15-9-11-16(26-4)12-10-15/h5-14H,1-4H3,(H,22,25). The zero-order valence-electron chi connectivity index (χ0n) is 16.3. The van der Waals surface area contributed by atoms with Crippen LogP contribution in [0.5, 0.6) is 5.75 Å². The van der Waals surface area contributed by atoms with E-state index in [0.29, 0.717) is 17.0 Å². The number of ether oxygens (including phenoxy) is 1.